The van der Waals surface area contributed by atoms with E-state index in [-0.39, 0.29) is 0 Å². The van der Waals surface area contributed by atoms with E-state index in [4.69, 9.17) is 0 Å². The maximum Gasteiger partial charge on any atom is 0.0378 e. The van der Waals surface area contributed by atoms with Gasteiger partial charge in [0.05, 0.1) is 0 Å². The summed E-state index contributed by atoms with van der Waals surface area (Å²) in [6, 6.07) is 21.4. The van der Waals surface area contributed by atoms with Crippen LogP contribution in [0.2, 0.25) is 0 Å². The fraction of sp³-hybridized carbons (Fsp3) is 0.0526. The van der Waals surface area contributed by atoms with Crippen LogP contribution in [0.3, 0.4) is 0 Å². The van der Waals surface area contributed by atoms with Gasteiger partial charge in [-0.2, -0.15) is 0 Å². The van der Waals surface area contributed by atoms with E-state index in [0.717, 1.165) is 5.56 Å². The lowest BCUT2D eigenvalue weighted by Crippen LogP contribution is -1.73. The van der Waals surface area contributed by atoms with E-state index in [1.165, 1.54) is 26.4 Å². The van der Waals surface area contributed by atoms with Crippen molar-refractivity contribution in [3.05, 3.63) is 78.4 Å². The summed E-state index contributed by atoms with van der Waals surface area (Å²) in [6.45, 7) is 5.97. The van der Waals surface area contributed by atoms with Crippen molar-refractivity contribution in [1.29, 1.82) is 0 Å². The van der Waals surface area contributed by atoms with Gasteiger partial charge in [-0.3, -0.25) is 0 Å². The average Bonchev–Trinajstić information content (AvgIpc) is 2.90. The highest BCUT2D eigenvalue weighted by atomic mass is 32.1. The smallest absolute Gasteiger partial charge is 0.0378 e. The van der Waals surface area contributed by atoms with Crippen LogP contribution in [0.25, 0.3) is 27.0 Å². The molecule has 98 valence electrons. The van der Waals surface area contributed by atoms with Crippen LogP contribution in [-0.4, -0.2) is 0 Å². The molecule has 1 heteroatoms. The summed E-state index contributed by atoms with van der Waals surface area (Å²) in [5, 5.41) is 0. The molecule has 0 bridgehead atoms. The SMILES string of the molecule is C=Cc1ccc(-c2cc(C)c(-c3ccccc3)s2)cc1. The first-order valence-corrected chi connectivity index (χ1v) is 7.48. The minimum Gasteiger partial charge on any atom is -0.135 e. The Labute approximate surface area is 124 Å². The van der Waals surface area contributed by atoms with Crippen molar-refractivity contribution < 1.29 is 0 Å². The van der Waals surface area contributed by atoms with E-state index < -0.39 is 0 Å². The summed E-state index contributed by atoms with van der Waals surface area (Å²) in [5.74, 6) is 0. The van der Waals surface area contributed by atoms with Gasteiger partial charge in [-0.1, -0.05) is 67.3 Å². The van der Waals surface area contributed by atoms with Gasteiger partial charge in [0, 0.05) is 9.75 Å². The summed E-state index contributed by atoms with van der Waals surface area (Å²) in [5.41, 5.74) is 5.06. The Morgan fingerprint density at radius 1 is 0.900 bits per heavy atom. The van der Waals surface area contributed by atoms with E-state index >= 15 is 0 Å². The standard InChI is InChI=1S/C19H16S/c1-3-15-9-11-16(12-10-15)18-13-14(2)19(20-18)17-7-5-4-6-8-17/h3-13H,1H2,2H3. The molecular formula is C19H16S. The molecule has 1 heterocycles. The quantitative estimate of drug-likeness (QED) is 0.547. The van der Waals surface area contributed by atoms with Gasteiger partial charge in [-0.25, -0.2) is 0 Å². The maximum absolute atomic E-state index is 3.79. The first-order chi connectivity index (χ1) is 9.78. The second-order valence-electron chi connectivity index (χ2n) is 4.81. The van der Waals surface area contributed by atoms with Gasteiger partial charge in [0.1, 0.15) is 0 Å². The predicted octanol–water partition coefficient (Wildman–Crippen LogP) is 6.03. The van der Waals surface area contributed by atoms with Crippen LogP contribution in [0.4, 0.5) is 0 Å². The van der Waals surface area contributed by atoms with Crippen LogP contribution < -0.4 is 0 Å². The van der Waals surface area contributed by atoms with Crippen LogP contribution in [0, 0.1) is 6.92 Å². The van der Waals surface area contributed by atoms with Gasteiger partial charge in [0.15, 0.2) is 0 Å². The van der Waals surface area contributed by atoms with Crippen molar-refractivity contribution in [1.82, 2.24) is 0 Å². The Hall–Kier alpha value is -2.12. The van der Waals surface area contributed by atoms with E-state index in [2.05, 4.69) is 74.2 Å². The topological polar surface area (TPSA) is 0 Å². The Morgan fingerprint density at radius 3 is 2.25 bits per heavy atom. The van der Waals surface area contributed by atoms with E-state index in [1.807, 2.05) is 17.4 Å². The third-order valence-electron chi connectivity index (χ3n) is 3.38. The highest BCUT2D eigenvalue weighted by Crippen LogP contribution is 2.37. The summed E-state index contributed by atoms with van der Waals surface area (Å²) >= 11 is 1.85. The molecule has 2 aromatic carbocycles. The molecule has 0 atom stereocenters. The maximum atomic E-state index is 3.79. The molecule has 3 rings (SSSR count). The lowest BCUT2D eigenvalue weighted by molar-refractivity contribution is 1.53. The van der Waals surface area contributed by atoms with E-state index in [1.54, 1.807) is 0 Å². The third kappa shape index (κ3) is 2.45. The molecule has 0 saturated heterocycles. The zero-order valence-electron chi connectivity index (χ0n) is 11.5. The first-order valence-electron chi connectivity index (χ1n) is 6.66. The highest BCUT2D eigenvalue weighted by Gasteiger charge is 2.08. The number of thiophene rings is 1. The number of rotatable bonds is 3. The van der Waals surface area contributed by atoms with Gasteiger partial charge in [-0.15, -0.1) is 11.3 Å². The number of benzene rings is 2. The third-order valence-corrected chi connectivity index (χ3v) is 4.72. The molecule has 0 amide bonds. The van der Waals surface area contributed by atoms with Crippen LogP contribution >= 0.6 is 11.3 Å². The second-order valence-corrected chi connectivity index (χ2v) is 5.87. The van der Waals surface area contributed by atoms with Crippen LogP contribution in [-0.2, 0) is 0 Å². The predicted molar refractivity (Wildman–Crippen MR) is 90.0 cm³/mol. The van der Waals surface area contributed by atoms with Crippen LogP contribution in [0.5, 0.6) is 0 Å². The zero-order valence-corrected chi connectivity index (χ0v) is 12.3. The van der Waals surface area contributed by atoms with Crippen molar-refractivity contribution >= 4 is 17.4 Å². The van der Waals surface area contributed by atoms with Crippen LogP contribution in [0.15, 0.2) is 67.2 Å². The normalized spacial score (nSPS) is 10.4. The Bertz CT molecular complexity index is 718. The Kier molecular flexibility index (Phi) is 3.53. The molecule has 1 aromatic heterocycles. The molecular weight excluding hydrogens is 260 g/mol. The summed E-state index contributed by atoms with van der Waals surface area (Å²) in [6.07, 6.45) is 1.87. The van der Waals surface area contributed by atoms with Gasteiger partial charge in [0.25, 0.3) is 0 Å². The molecule has 3 aromatic rings. The second kappa shape index (κ2) is 5.48. The Balaban J connectivity index is 2.01. The van der Waals surface area contributed by atoms with Gasteiger partial charge in [-0.05, 0) is 35.2 Å². The molecule has 0 spiro atoms. The summed E-state index contributed by atoms with van der Waals surface area (Å²) in [4.78, 5) is 2.67. The molecule has 0 radical (unpaired) electrons. The van der Waals surface area contributed by atoms with Crippen molar-refractivity contribution in [2.24, 2.45) is 0 Å². The van der Waals surface area contributed by atoms with Crippen molar-refractivity contribution in [2.45, 2.75) is 6.92 Å². The largest absolute Gasteiger partial charge is 0.135 e. The van der Waals surface area contributed by atoms with Crippen molar-refractivity contribution in [2.75, 3.05) is 0 Å². The van der Waals surface area contributed by atoms with Gasteiger partial charge in [0.2, 0.25) is 0 Å². The van der Waals surface area contributed by atoms with Gasteiger partial charge >= 0.3 is 0 Å². The number of hydrogen-bond acceptors (Lipinski definition) is 1. The molecule has 0 fully saturated rings. The molecule has 0 unspecified atom stereocenters. The minimum atomic E-state index is 1.16. The molecule has 0 aliphatic heterocycles. The monoisotopic (exact) mass is 276 g/mol. The molecule has 0 nitrogen and oxygen atoms in total. The molecule has 20 heavy (non-hydrogen) atoms. The first kappa shape index (κ1) is 12.9. The fourth-order valence-corrected chi connectivity index (χ4v) is 3.47. The molecule has 0 saturated carbocycles. The summed E-state index contributed by atoms with van der Waals surface area (Å²) in [7, 11) is 0. The van der Waals surface area contributed by atoms with Crippen molar-refractivity contribution in [3.8, 4) is 20.9 Å². The van der Waals surface area contributed by atoms with Crippen molar-refractivity contribution in [3.63, 3.8) is 0 Å². The lowest BCUT2D eigenvalue weighted by atomic mass is 10.1. The number of aryl methyl sites for hydroxylation is 1. The fourth-order valence-electron chi connectivity index (χ4n) is 2.28. The molecule has 0 aliphatic rings. The summed E-state index contributed by atoms with van der Waals surface area (Å²) < 4.78 is 0. The lowest BCUT2D eigenvalue weighted by Gasteiger charge is -1.99. The Morgan fingerprint density at radius 2 is 1.60 bits per heavy atom. The molecule has 0 N–H and O–H groups in total. The van der Waals surface area contributed by atoms with Crippen LogP contribution in [0.1, 0.15) is 11.1 Å². The van der Waals surface area contributed by atoms with E-state index in [0.29, 0.717) is 0 Å². The average molecular weight is 276 g/mol. The number of hydrogen-bond donors (Lipinski definition) is 0. The van der Waals surface area contributed by atoms with Gasteiger partial charge < -0.3 is 0 Å². The zero-order chi connectivity index (χ0) is 13.9. The van der Waals surface area contributed by atoms with E-state index in [9.17, 15) is 0 Å². The molecule has 0 aliphatic carbocycles. The highest BCUT2D eigenvalue weighted by molar-refractivity contribution is 7.19. The minimum absolute atomic E-state index is 1.16.